The average molecular weight is 958 g/mol. The molecule has 2 amide bonds. The van der Waals surface area contributed by atoms with Gasteiger partial charge in [-0.15, -0.1) is 0 Å². The van der Waals surface area contributed by atoms with Crippen molar-refractivity contribution in [1.82, 2.24) is 9.80 Å². The minimum atomic E-state index is -4.04. The highest BCUT2D eigenvalue weighted by molar-refractivity contribution is 7.93. The smallest absolute Gasteiger partial charge is 0.265 e. The van der Waals surface area contributed by atoms with Crippen LogP contribution >= 0.6 is 34.8 Å². The Bertz CT molecular complexity index is 2780. The highest BCUT2D eigenvalue weighted by Gasteiger charge is 2.36. The first kappa shape index (κ1) is 46.6. The molecule has 15 heteroatoms. The van der Waals surface area contributed by atoms with Crippen LogP contribution in [0.25, 0.3) is 0 Å². The monoisotopic (exact) mass is 956 g/mol. The Morgan fingerprint density at radius 1 is 0.531 bits per heavy atom. The van der Waals surface area contributed by atoms with Crippen LogP contribution in [0.2, 0.25) is 15.1 Å². The van der Waals surface area contributed by atoms with E-state index >= 15 is 0 Å². The van der Waals surface area contributed by atoms with Crippen LogP contribution in [0.4, 0.5) is 11.4 Å². The Kier molecular flexibility index (Phi) is 15.0. The number of sulfonamides is 2. The molecule has 0 saturated carbocycles. The van der Waals surface area contributed by atoms with E-state index in [4.69, 9.17) is 34.8 Å². The summed E-state index contributed by atoms with van der Waals surface area (Å²) >= 11 is 18.1. The number of hydrogen-bond acceptors (Lipinski definition) is 6. The van der Waals surface area contributed by atoms with Gasteiger partial charge in [0.05, 0.1) is 33.2 Å². The lowest BCUT2D eigenvalue weighted by molar-refractivity contribution is -0.131. The third kappa shape index (κ3) is 10.8. The van der Waals surface area contributed by atoms with Gasteiger partial charge in [0.25, 0.3) is 20.0 Å². The van der Waals surface area contributed by atoms with Gasteiger partial charge in [0.15, 0.2) is 0 Å². The van der Waals surface area contributed by atoms with Gasteiger partial charge in [0, 0.05) is 28.2 Å². The molecule has 64 heavy (non-hydrogen) atoms. The number of aryl methyl sites for hydroxylation is 1. The van der Waals surface area contributed by atoms with Crippen LogP contribution in [-0.2, 0) is 29.6 Å². The van der Waals surface area contributed by atoms with Gasteiger partial charge in [-0.2, -0.15) is 0 Å². The summed E-state index contributed by atoms with van der Waals surface area (Å²) in [4.78, 5) is 30.6. The van der Waals surface area contributed by atoms with Crippen LogP contribution in [0.5, 0.6) is 0 Å². The Morgan fingerprint density at radius 2 is 0.969 bits per heavy atom. The van der Waals surface area contributed by atoms with Gasteiger partial charge in [-0.1, -0.05) is 120 Å². The number of hydrogen-bond donors (Lipinski definition) is 0. The summed E-state index contributed by atoms with van der Waals surface area (Å²) < 4.78 is 56.7. The van der Waals surface area contributed by atoms with Crippen molar-refractivity contribution in [2.75, 3.05) is 34.8 Å². The zero-order chi connectivity index (χ0) is 45.4. The molecule has 2 aliphatic heterocycles. The maximum atomic E-state index is 13.7. The molecule has 2 fully saturated rings. The van der Waals surface area contributed by atoms with E-state index in [1.165, 1.54) is 16.4 Å². The summed E-state index contributed by atoms with van der Waals surface area (Å²) in [7, 11) is -8.00. The van der Waals surface area contributed by atoms with Crippen molar-refractivity contribution in [2.45, 2.75) is 54.5 Å². The van der Waals surface area contributed by atoms with Crippen molar-refractivity contribution < 1.29 is 26.4 Å². The average Bonchev–Trinajstić information content (AvgIpc) is 4.01. The highest BCUT2D eigenvalue weighted by Crippen LogP contribution is 2.35. The predicted molar refractivity (Wildman–Crippen MR) is 255 cm³/mol. The third-order valence-electron chi connectivity index (χ3n) is 11.3. The molecule has 0 bridgehead atoms. The number of amides is 2. The molecule has 2 heterocycles. The molecule has 0 N–H and O–H groups in total. The molecule has 8 rings (SSSR count). The van der Waals surface area contributed by atoms with Crippen molar-refractivity contribution >= 4 is 78.0 Å². The van der Waals surface area contributed by atoms with E-state index < -0.39 is 20.0 Å². The predicted octanol–water partition coefficient (Wildman–Crippen LogP) is 10.8. The SMILES string of the molecule is Cc1ccccc1S(=O)(=O)N(CC(=O)N1CCCC1c1ccccc1)c1ccc(Cl)cc1.O=C(CN(c1ccc(Cl)cc1)S(=O)(=O)c1cccc(Cl)c1)N1CCCC1c1ccccc1. The van der Waals surface area contributed by atoms with Crippen molar-refractivity contribution in [2.24, 2.45) is 0 Å². The number of likely N-dealkylation sites (tertiary alicyclic amines) is 2. The van der Waals surface area contributed by atoms with Gasteiger partial charge in [0.2, 0.25) is 11.8 Å². The number of benzene rings is 6. The van der Waals surface area contributed by atoms with Gasteiger partial charge in [-0.25, -0.2) is 16.8 Å². The summed E-state index contributed by atoms with van der Waals surface area (Å²) in [6.07, 6.45) is 3.46. The van der Waals surface area contributed by atoms with E-state index in [2.05, 4.69) is 0 Å². The number of nitrogens with zero attached hydrogens (tertiary/aromatic N) is 4. The minimum absolute atomic E-state index is 0.0220. The van der Waals surface area contributed by atoms with E-state index in [1.54, 1.807) is 102 Å². The van der Waals surface area contributed by atoms with Crippen molar-refractivity contribution in [3.05, 3.63) is 189 Å². The standard InChI is InChI=1S/C25H25ClN2O3S.C24H22Cl2N2O3S/c1-19-8-5-6-12-24(19)32(30,31)28(22-15-13-21(26)14-16-22)18-25(29)27-17-7-11-23(27)20-9-3-2-4-10-20;25-19-11-13-21(14-12-19)28(32(30,31)22-9-4-8-20(26)16-22)17-24(29)27-15-5-10-23(27)18-6-2-1-3-7-18/h2-6,8-10,12-16,23H,7,11,17-18H2,1H3;1-4,6-9,11-14,16,23H,5,10,15,17H2. The van der Waals surface area contributed by atoms with E-state index in [0.29, 0.717) is 45.1 Å². The fourth-order valence-electron chi connectivity index (χ4n) is 8.17. The molecule has 6 aromatic rings. The fourth-order valence-corrected chi connectivity index (χ4v) is 11.8. The lowest BCUT2D eigenvalue weighted by Gasteiger charge is -2.30. The summed E-state index contributed by atoms with van der Waals surface area (Å²) in [6, 6.07) is 45.3. The molecular weight excluding hydrogens is 911 g/mol. The maximum Gasteiger partial charge on any atom is 0.265 e. The molecule has 0 aliphatic carbocycles. The Morgan fingerprint density at radius 3 is 1.42 bits per heavy atom. The summed E-state index contributed by atoms with van der Waals surface area (Å²) in [5.41, 5.74) is 3.51. The largest absolute Gasteiger partial charge is 0.334 e. The van der Waals surface area contributed by atoms with Crippen molar-refractivity contribution in [3.8, 4) is 0 Å². The molecule has 332 valence electrons. The second-order valence-corrected chi connectivity index (χ2v) is 20.5. The van der Waals surface area contributed by atoms with Crippen molar-refractivity contribution in [1.29, 1.82) is 0 Å². The number of halogens is 3. The summed E-state index contributed by atoms with van der Waals surface area (Å²) in [5, 5.41) is 1.28. The second kappa shape index (κ2) is 20.6. The van der Waals surface area contributed by atoms with Gasteiger partial charge < -0.3 is 9.80 Å². The maximum absolute atomic E-state index is 13.7. The zero-order valence-corrected chi connectivity index (χ0v) is 38.9. The van der Waals surface area contributed by atoms with Crippen LogP contribution in [-0.4, -0.2) is 64.6 Å². The van der Waals surface area contributed by atoms with E-state index in [0.717, 1.165) is 41.1 Å². The van der Waals surface area contributed by atoms with Gasteiger partial charge in [-0.05, 0) is 122 Å². The zero-order valence-electron chi connectivity index (χ0n) is 35.0. The van der Waals surface area contributed by atoms with E-state index in [9.17, 15) is 26.4 Å². The molecule has 6 aromatic carbocycles. The van der Waals surface area contributed by atoms with Crippen LogP contribution in [0.15, 0.2) is 168 Å². The molecule has 2 unspecified atom stereocenters. The molecule has 2 saturated heterocycles. The van der Waals surface area contributed by atoms with E-state index in [-0.39, 0.29) is 46.8 Å². The van der Waals surface area contributed by atoms with Crippen LogP contribution < -0.4 is 8.61 Å². The molecule has 2 atom stereocenters. The lowest BCUT2D eigenvalue weighted by Crippen LogP contribution is -2.43. The first-order chi connectivity index (χ1) is 30.7. The van der Waals surface area contributed by atoms with E-state index in [1.807, 2.05) is 60.7 Å². The summed E-state index contributed by atoms with van der Waals surface area (Å²) in [5.74, 6) is -0.472. The fraction of sp³-hybridized carbons (Fsp3) is 0.224. The topological polar surface area (TPSA) is 115 Å². The minimum Gasteiger partial charge on any atom is -0.334 e. The molecular formula is C49H47Cl3N4O6S2. The Labute approximate surface area is 390 Å². The Hall–Kier alpha value is -5.37. The molecule has 10 nitrogen and oxygen atoms in total. The molecule has 0 radical (unpaired) electrons. The first-order valence-corrected chi connectivity index (χ1v) is 24.8. The van der Waals surface area contributed by atoms with Gasteiger partial charge in [-0.3, -0.25) is 18.2 Å². The van der Waals surface area contributed by atoms with Crippen LogP contribution in [0, 0.1) is 6.92 Å². The lowest BCUT2D eigenvalue weighted by atomic mass is 10.0. The molecule has 2 aliphatic rings. The number of carbonyl (C=O) groups is 2. The van der Waals surface area contributed by atoms with Gasteiger partial charge >= 0.3 is 0 Å². The second-order valence-electron chi connectivity index (χ2n) is 15.5. The van der Waals surface area contributed by atoms with Crippen LogP contribution in [0.3, 0.4) is 0 Å². The normalized spacial score (nSPS) is 16.2. The molecule has 0 aromatic heterocycles. The van der Waals surface area contributed by atoms with Crippen molar-refractivity contribution in [3.63, 3.8) is 0 Å². The number of carbonyl (C=O) groups excluding carboxylic acids is 2. The number of rotatable bonds is 12. The first-order valence-electron chi connectivity index (χ1n) is 20.8. The van der Waals surface area contributed by atoms with Gasteiger partial charge in [0.1, 0.15) is 13.1 Å². The van der Waals surface area contributed by atoms with Crippen LogP contribution in [0.1, 0.15) is 54.5 Å². The quantitative estimate of drug-likeness (QED) is 0.121. The highest BCUT2D eigenvalue weighted by atomic mass is 35.5. The summed E-state index contributed by atoms with van der Waals surface area (Å²) in [6.45, 7) is 2.35. The Balaban J connectivity index is 0.000000191. The third-order valence-corrected chi connectivity index (χ3v) is 15.8. The molecule has 0 spiro atoms. The number of anilines is 2.